The normalized spacial score (nSPS) is 27.1. The first-order valence-electron chi connectivity index (χ1n) is 8.32. The summed E-state index contributed by atoms with van der Waals surface area (Å²) in [5.74, 6) is 0.661. The Balaban J connectivity index is 0.00000192. The van der Waals surface area contributed by atoms with Crippen LogP contribution in [0.1, 0.15) is 50.7 Å². The van der Waals surface area contributed by atoms with Gasteiger partial charge in [0.15, 0.2) is 0 Å². The van der Waals surface area contributed by atoms with Crippen molar-refractivity contribution in [3.05, 3.63) is 29.8 Å². The third-order valence-electron chi connectivity index (χ3n) is 5.04. The van der Waals surface area contributed by atoms with Gasteiger partial charge in [0.25, 0.3) is 0 Å². The van der Waals surface area contributed by atoms with E-state index in [0.717, 1.165) is 24.1 Å². The van der Waals surface area contributed by atoms with Gasteiger partial charge in [-0.15, -0.1) is 12.4 Å². The molecule has 2 N–H and O–H groups in total. The summed E-state index contributed by atoms with van der Waals surface area (Å²) in [6.07, 6.45) is 5.52. The van der Waals surface area contributed by atoms with Crippen molar-refractivity contribution in [2.75, 3.05) is 12.4 Å². The second kappa shape index (κ2) is 8.13. The van der Waals surface area contributed by atoms with E-state index in [1.165, 1.54) is 12.8 Å². The van der Waals surface area contributed by atoms with Crippen molar-refractivity contribution in [2.45, 2.75) is 57.2 Å². The van der Waals surface area contributed by atoms with Crippen molar-refractivity contribution in [3.63, 3.8) is 0 Å². The first kappa shape index (κ1) is 18.2. The van der Waals surface area contributed by atoms with Crippen molar-refractivity contribution in [1.82, 2.24) is 5.32 Å². The largest absolute Gasteiger partial charge is 0.377 e. The van der Waals surface area contributed by atoms with E-state index in [1.54, 1.807) is 7.11 Å². The fourth-order valence-corrected chi connectivity index (χ4v) is 3.82. The monoisotopic (exact) mass is 338 g/mol. The van der Waals surface area contributed by atoms with E-state index in [1.807, 2.05) is 31.2 Å². The summed E-state index contributed by atoms with van der Waals surface area (Å²) in [7, 11) is 1.70. The number of carbonyl (C=O) groups excluding carboxylic acids is 1. The lowest BCUT2D eigenvalue weighted by molar-refractivity contribution is -0.117. The minimum Gasteiger partial charge on any atom is -0.377 e. The first-order valence-corrected chi connectivity index (χ1v) is 8.32. The Labute approximate surface area is 144 Å². The summed E-state index contributed by atoms with van der Waals surface area (Å²) in [6, 6.07) is 9.21. The lowest BCUT2D eigenvalue weighted by Gasteiger charge is -2.28. The number of rotatable bonds is 5. The zero-order chi connectivity index (χ0) is 15.5. The maximum Gasteiger partial charge on any atom is 0.224 e. The molecule has 5 heteroatoms. The number of carbonyl (C=O) groups is 1. The van der Waals surface area contributed by atoms with Crippen LogP contribution in [0.15, 0.2) is 24.3 Å². The zero-order valence-electron chi connectivity index (χ0n) is 13.9. The van der Waals surface area contributed by atoms with Crippen LogP contribution in [0.5, 0.6) is 0 Å². The molecule has 3 unspecified atom stereocenters. The predicted octanol–water partition coefficient (Wildman–Crippen LogP) is 3.68. The van der Waals surface area contributed by atoms with Gasteiger partial charge in [0.1, 0.15) is 0 Å². The Bertz CT molecular complexity index is 526. The molecule has 0 spiro atoms. The third-order valence-corrected chi connectivity index (χ3v) is 5.04. The van der Waals surface area contributed by atoms with Crippen LogP contribution in [-0.4, -0.2) is 25.1 Å². The van der Waals surface area contributed by atoms with E-state index in [9.17, 15) is 4.79 Å². The van der Waals surface area contributed by atoms with Crippen LogP contribution in [-0.2, 0) is 9.53 Å². The van der Waals surface area contributed by atoms with Crippen molar-refractivity contribution in [3.8, 4) is 0 Å². The second-order valence-corrected chi connectivity index (χ2v) is 6.73. The summed E-state index contributed by atoms with van der Waals surface area (Å²) in [6.45, 7) is 2.01. The Kier molecular flexibility index (Phi) is 6.45. The number of hydrogen-bond donors (Lipinski definition) is 2. The lowest BCUT2D eigenvalue weighted by atomic mass is 9.89. The maximum atomic E-state index is 12.3. The molecule has 2 heterocycles. The van der Waals surface area contributed by atoms with Crippen LogP contribution in [0.25, 0.3) is 0 Å². The van der Waals surface area contributed by atoms with E-state index >= 15 is 0 Å². The number of halogens is 1. The number of nitrogens with one attached hydrogen (secondary N) is 2. The molecule has 2 saturated heterocycles. The molecule has 2 bridgehead atoms. The minimum absolute atomic E-state index is 0. The lowest BCUT2D eigenvalue weighted by Crippen LogP contribution is -2.39. The quantitative estimate of drug-likeness (QED) is 0.861. The van der Waals surface area contributed by atoms with Gasteiger partial charge in [-0.25, -0.2) is 0 Å². The SMILES string of the molecule is COC(C)c1cccc(NC(=O)CC2CC3CCC(C2)N3)c1.Cl. The molecule has 1 aromatic carbocycles. The van der Waals surface area contributed by atoms with Crippen molar-refractivity contribution >= 4 is 24.0 Å². The molecule has 3 atom stereocenters. The molecule has 2 fully saturated rings. The van der Waals surface area contributed by atoms with Crippen LogP contribution in [0.3, 0.4) is 0 Å². The molecule has 0 aromatic heterocycles. The summed E-state index contributed by atoms with van der Waals surface area (Å²) in [4.78, 5) is 12.3. The Morgan fingerprint density at radius 1 is 1.35 bits per heavy atom. The molecule has 23 heavy (non-hydrogen) atoms. The van der Waals surface area contributed by atoms with Crippen LogP contribution >= 0.6 is 12.4 Å². The molecule has 1 amide bonds. The topological polar surface area (TPSA) is 50.4 Å². The highest BCUT2D eigenvalue weighted by atomic mass is 35.5. The van der Waals surface area contributed by atoms with Crippen molar-refractivity contribution < 1.29 is 9.53 Å². The van der Waals surface area contributed by atoms with Crippen molar-refractivity contribution in [1.29, 1.82) is 0 Å². The van der Waals surface area contributed by atoms with E-state index in [0.29, 0.717) is 24.4 Å². The fourth-order valence-electron chi connectivity index (χ4n) is 3.82. The van der Waals surface area contributed by atoms with Gasteiger partial charge < -0.3 is 15.4 Å². The van der Waals surface area contributed by atoms with Crippen LogP contribution in [0, 0.1) is 5.92 Å². The molecule has 2 aliphatic rings. The molecule has 0 saturated carbocycles. The van der Waals surface area contributed by atoms with Gasteiger partial charge in [0.2, 0.25) is 5.91 Å². The molecule has 3 rings (SSSR count). The predicted molar refractivity (Wildman–Crippen MR) is 95.0 cm³/mol. The van der Waals surface area contributed by atoms with Gasteiger partial charge in [0, 0.05) is 31.3 Å². The molecule has 128 valence electrons. The summed E-state index contributed by atoms with van der Waals surface area (Å²) < 4.78 is 5.33. The minimum atomic E-state index is 0. The third kappa shape index (κ3) is 4.69. The Morgan fingerprint density at radius 3 is 2.70 bits per heavy atom. The molecule has 2 aliphatic heterocycles. The standard InChI is InChI=1S/C18H26N2O2.ClH/c1-12(22-2)14-4-3-5-15(11-14)20-18(21)10-13-8-16-6-7-17(9-13)19-16;/h3-5,11-13,16-17,19H,6-10H2,1-2H3,(H,20,21);1H. The smallest absolute Gasteiger partial charge is 0.224 e. The molecular weight excluding hydrogens is 312 g/mol. The Morgan fingerprint density at radius 2 is 2.04 bits per heavy atom. The summed E-state index contributed by atoms with van der Waals surface area (Å²) in [5, 5.41) is 6.67. The van der Waals surface area contributed by atoms with Gasteiger partial charge in [-0.1, -0.05) is 12.1 Å². The fraction of sp³-hybridized carbons (Fsp3) is 0.611. The summed E-state index contributed by atoms with van der Waals surface area (Å²) >= 11 is 0. The van der Waals surface area contributed by atoms with E-state index in [2.05, 4.69) is 10.6 Å². The number of fused-ring (bicyclic) bond motifs is 2. The number of anilines is 1. The van der Waals surface area contributed by atoms with E-state index in [4.69, 9.17) is 4.74 Å². The average molecular weight is 339 g/mol. The molecule has 0 radical (unpaired) electrons. The van der Waals surface area contributed by atoms with Crippen molar-refractivity contribution in [2.24, 2.45) is 5.92 Å². The molecule has 4 nitrogen and oxygen atoms in total. The number of ether oxygens (including phenoxy) is 1. The van der Waals surface area contributed by atoms with Crippen LogP contribution < -0.4 is 10.6 Å². The highest BCUT2D eigenvalue weighted by Gasteiger charge is 2.34. The second-order valence-electron chi connectivity index (χ2n) is 6.73. The van der Waals surface area contributed by atoms with Gasteiger partial charge in [-0.05, 0) is 56.2 Å². The average Bonchev–Trinajstić information content (AvgIpc) is 2.85. The van der Waals surface area contributed by atoms with Gasteiger partial charge in [0.05, 0.1) is 6.10 Å². The number of piperidine rings is 1. The highest BCUT2D eigenvalue weighted by molar-refractivity contribution is 5.90. The van der Waals surface area contributed by atoms with Gasteiger partial charge in [-0.3, -0.25) is 4.79 Å². The molecule has 1 aromatic rings. The number of methoxy groups -OCH3 is 1. The number of amides is 1. The van der Waals surface area contributed by atoms with Gasteiger partial charge >= 0.3 is 0 Å². The summed E-state index contributed by atoms with van der Waals surface area (Å²) in [5.41, 5.74) is 1.95. The number of benzene rings is 1. The first-order chi connectivity index (χ1) is 10.6. The van der Waals surface area contributed by atoms with Crippen LogP contribution in [0.2, 0.25) is 0 Å². The van der Waals surface area contributed by atoms with Crippen LogP contribution in [0.4, 0.5) is 5.69 Å². The number of hydrogen-bond acceptors (Lipinski definition) is 3. The maximum absolute atomic E-state index is 12.3. The zero-order valence-corrected chi connectivity index (χ0v) is 14.7. The molecule has 0 aliphatic carbocycles. The van der Waals surface area contributed by atoms with E-state index in [-0.39, 0.29) is 24.4 Å². The Hall–Kier alpha value is -1.10. The van der Waals surface area contributed by atoms with Gasteiger partial charge in [-0.2, -0.15) is 0 Å². The highest BCUT2D eigenvalue weighted by Crippen LogP contribution is 2.32. The molecular formula is C18H27ClN2O2. The van der Waals surface area contributed by atoms with E-state index < -0.39 is 0 Å².